The predicted octanol–water partition coefficient (Wildman–Crippen LogP) is 1.44. The first-order chi connectivity index (χ1) is 11.1. The predicted molar refractivity (Wildman–Crippen MR) is 81.7 cm³/mol. The van der Waals surface area contributed by atoms with Crippen LogP contribution in [0.4, 0.5) is 11.4 Å². The number of nitrogens with zero attached hydrogens (tertiary/aromatic N) is 3. The average Bonchev–Trinajstić information content (AvgIpc) is 2.85. The van der Waals surface area contributed by atoms with Crippen LogP contribution in [0.25, 0.3) is 0 Å². The lowest BCUT2D eigenvalue weighted by Gasteiger charge is -2.07. The molecular formula is C15H9N4O4-. The van der Waals surface area contributed by atoms with Crippen LogP contribution in [0.15, 0.2) is 52.7 Å². The third kappa shape index (κ3) is 2.77. The highest BCUT2D eigenvalue weighted by molar-refractivity contribution is 6.53. The number of rotatable bonds is 3. The second-order valence-corrected chi connectivity index (χ2v) is 4.67. The fourth-order valence-electron chi connectivity index (χ4n) is 2.10. The molecule has 1 amide bonds. The lowest BCUT2D eigenvalue weighted by molar-refractivity contribution is -0.385. The number of fused-ring (bicyclic) bond motifs is 1. The highest BCUT2D eigenvalue weighted by atomic mass is 16.6. The zero-order chi connectivity index (χ0) is 16.4. The number of non-ortho nitro benzene ring substituents is 1. The van der Waals surface area contributed by atoms with Gasteiger partial charge in [-0.2, -0.15) is 5.10 Å². The van der Waals surface area contributed by atoms with Crippen molar-refractivity contribution in [3.8, 4) is 5.75 Å². The van der Waals surface area contributed by atoms with E-state index in [1.807, 2.05) is 0 Å². The van der Waals surface area contributed by atoms with E-state index in [0.717, 1.165) is 24.4 Å². The maximum Gasteiger partial charge on any atom is 0.276 e. The van der Waals surface area contributed by atoms with Crippen LogP contribution in [0, 0.1) is 10.1 Å². The molecule has 0 unspecified atom stereocenters. The molecule has 0 radical (unpaired) electrons. The quantitative estimate of drug-likeness (QED) is 0.524. The normalized spacial score (nSPS) is 15.0. The van der Waals surface area contributed by atoms with Crippen molar-refractivity contribution in [1.82, 2.24) is 0 Å². The van der Waals surface area contributed by atoms with Gasteiger partial charge in [0.2, 0.25) is 0 Å². The van der Waals surface area contributed by atoms with Crippen LogP contribution in [0.1, 0.15) is 11.1 Å². The van der Waals surface area contributed by atoms with Crippen LogP contribution in [0.3, 0.4) is 0 Å². The van der Waals surface area contributed by atoms with E-state index in [-0.39, 0.29) is 17.0 Å². The maximum absolute atomic E-state index is 11.8. The molecule has 1 aliphatic rings. The Morgan fingerprint density at radius 2 is 1.96 bits per heavy atom. The topological polar surface area (TPSA) is 120 Å². The molecule has 0 aromatic heterocycles. The standard InChI is InChI=1S/C15H10N4O4/c20-13-6-5-10(19(22)23)7-9(13)8-16-18-14-11-3-1-2-4-12(11)17-15(14)21/h1-8,20H,(H,17,18,21)/p-1/b16-8-. The van der Waals surface area contributed by atoms with Gasteiger partial charge in [-0.25, -0.2) is 0 Å². The molecule has 8 heteroatoms. The number of benzene rings is 2. The molecule has 2 aromatic rings. The molecule has 0 aliphatic carbocycles. The molecule has 1 N–H and O–H groups in total. The number of hydrogen-bond acceptors (Lipinski definition) is 6. The summed E-state index contributed by atoms with van der Waals surface area (Å²) >= 11 is 0. The van der Waals surface area contributed by atoms with Crippen LogP contribution < -0.4 is 10.4 Å². The fraction of sp³-hybridized carbons (Fsp3) is 0. The van der Waals surface area contributed by atoms with Gasteiger partial charge in [0.05, 0.1) is 16.8 Å². The van der Waals surface area contributed by atoms with Crippen molar-refractivity contribution in [2.24, 2.45) is 10.2 Å². The van der Waals surface area contributed by atoms with E-state index in [1.54, 1.807) is 24.3 Å². The number of carbonyl (C=O) groups is 1. The van der Waals surface area contributed by atoms with Crippen molar-refractivity contribution in [3.05, 3.63) is 63.7 Å². The Hall–Kier alpha value is -3.55. The second-order valence-electron chi connectivity index (χ2n) is 4.67. The van der Waals surface area contributed by atoms with E-state index in [2.05, 4.69) is 15.5 Å². The van der Waals surface area contributed by atoms with Crippen molar-refractivity contribution >= 4 is 29.2 Å². The summed E-state index contributed by atoms with van der Waals surface area (Å²) in [5, 5.41) is 32.5. The molecule has 1 aliphatic heterocycles. The first kappa shape index (κ1) is 14.4. The summed E-state index contributed by atoms with van der Waals surface area (Å²) in [6, 6.07) is 10.3. The van der Waals surface area contributed by atoms with Gasteiger partial charge in [-0.05, 0) is 11.6 Å². The minimum Gasteiger partial charge on any atom is -0.872 e. The molecule has 3 rings (SSSR count). The largest absolute Gasteiger partial charge is 0.872 e. The Bertz CT molecular complexity index is 874. The zero-order valence-corrected chi connectivity index (χ0v) is 11.6. The van der Waals surface area contributed by atoms with Crippen LogP contribution in [0.2, 0.25) is 0 Å². The van der Waals surface area contributed by atoms with Crippen LogP contribution >= 0.6 is 0 Å². The number of nitrogens with one attached hydrogen (secondary N) is 1. The van der Waals surface area contributed by atoms with Gasteiger partial charge in [-0.1, -0.05) is 30.0 Å². The van der Waals surface area contributed by atoms with Gasteiger partial charge >= 0.3 is 0 Å². The van der Waals surface area contributed by atoms with Gasteiger partial charge in [-0.15, -0.1) is 5.10 Å². The van der Waals surface area contributed by atoms with E-state index >= 15 is 0 Å². The highest BCUT2D eigenvalue weighted by Crippen LogP contribution is 2.23. The Morgan fingerprint density at radius 1 is 1.17 bits per heavy atom. The molecule has 0 bridgehead atoms. The average molecular weight is 309 g/mol. The van der Waals surface area contributed by atoms with Gasteiger partial charge in [0, 0.05) is 17.7 Å². The van der Waals surface area contributed by atoms with Crippen molar-refractivity contribution < 1.29 is 14.8 Å². The van der Waals surface area contributed by atoms with Gasteiger partial charge in [0.1, 0.15) is 0 Å². The van der Waals surface area contributed by atoms with Gasteiger partial charge < -0.3 is 10.4 Å². The Morgan fingerprint density at radius 3 is 2.74 bits per heavy atom. The summed E-state index contributed by atoms with van der Waals surface area (Å²) in [5.41, 5.74) is 1.16. The zero-order valence-electron chi connectivity index (χ0n) is 11.6. The van der Waals surface area contributed by atoms with Crippen molar-refractivity contribution in [2.45, 2.75) is 0 Å². The molecule has 2 aromatic carbocycles. The molecule has 23 heavy (non-hydrogen) atoms. The minimum atomic E-state index is -0.608. The summed E-state index contributed by atoms with van der Waals surface area (Å²) < 4.78 is 0. The third-order valence-electron chi connectivity index (χ3n) is 3.20. The summed E-state index contributed by atoms with van der Waals surface area (Å²) in [4.78, 5) is 21.9. The Balaban J connectivity index is 1.91. The van der Waals surface area contributed by atoms with Gasteiger partial charge in [-0.3, -0.25) is 14.9 Å². The Kier molecular flexibility index (Phi) is 3.55. The van der Waals surface area contributed by atoms with E-state index < -0.39 is 16.6 Å². The van der Waals surface area contributed by atoms with Crippen molar-refractivity contribution in [2.75, 3.05) is 5.32 Å². The van der Waals surface area contributed by atoms with Crippen molar-refractivity contribution in [3.63, 3.8) is 0 Å². The first-order valence-corrected chi connectivity index (χ1v) is 6.53. The lowest BCUT2D eigenvalue weighted by atomic mass is 10.1. The third-order valence-corrected chi connectivity index (χ3v) is 3.20. The molecule has 0 saturated heterocycles. The lowest BCUT2D eigenvalue weighted by Crippen LogP contribution is -2.13. The molecule has 0 spiro atoms. The van der Waals surface area contributed by atoms with E-state index in [9.17, 15) is 20.0 Å². The number of anilines is 1. The molecule has 0 atom stereocenters. The summed E-state index contributed by atoms with van der Waals surface area (Å²) in [5.74, 6) is -0.819. The van der Waals surface area contributed by atoms with E-state index in [1.165, 1.54) is 0 Å². The van der Waals surface area contributed by atoms with E-state index in [0.29, 0.717) is 11.3 Å². The SMILES string of the molecule is O=C1Nc2ccccc2/C1=N/N=C\c1cc([N+](=O)[O-])ccc1[O-]. The number of amides is 1. The van der Waals surface area contributed by atoms with Crippen LogP contribution in [-0.2, 0) is 4.79 Å². The van der Waals surface area contributed by atoms with E-state index in [4.69, 9.17) is 0 Å². The van der Waals surface area contributed by atoms with Gasteiger partial charge in [0.25, 0.3) is 11.6 Å². The highest BCUT2D eigenvalue weighted by Gasteiger charge is 2.25. The fourth-order valence-corrected chi connectivity index (χ4v) is 2.10. The smallest absolute Gasteiger partial charge is 0.276 e. The minimum absolute atomic E-state index is 0.0234. The number of nitro benzene ring substituents is 1. The van der Waals surface area contributed by atoms with Crippen LogP contribution in [-0.4, -0.2) is 22.8 Å². The number of carbonyl (C=O) groups excluding carboxylic acids is 1. The molecule has 0 saturated carbocycles. The summed E-state index contributed by atoms with van der Waals surface area (Å²) in [6.45, 7) is 0. The second kappa shape index (κ2) is 5.68. The summed E-state index contributed by atoms with van der Waals surface area (Å²) in [6.07, 6.45) is 1.09. The number of hydrogen-bond donors (Lipinski definition) is 1. The first-order valence-electron chi connectivity index (χ1n) is 6.53. The monoisotopic (exact) mass is 309 g/mol. The number of nitro groups is 1. The number of para-hydroxylation sites is 1. The van der Waals surface area contributed by atoms with Crippen molar-refractivity contribution in [1.29, 1.82) is 0 Å². The molecule has 0 fully saturated rings. The molecule has 114 valence electrons. The van der Waals surface area contributed by atoms with Crippen LogP contribution in [0.5, 0.6) is 5.75 Å². The summed E-state index contributed by atoms with van der Waals surface area (Å²) in [7, 11) is 0. The molecular weight excluding hydrogens is 300 g/mol. The van der Waals surface area contributed by atoms with Gasteiger partial charge in [0.15, 0.2) is 5.71 Å². The molecule has 8 nitrogen and oxygen atoms in total. The maximum atomic E-state index is 11.8. The Labute approximate surface area is 129 Å². The molecule has 1 heterocycles.